The normalized spacial score (nSPS) is 31.1. The molecule has 3 saturated heterocycles. The van der Waals surface area contributed by atoms with Crippen molar-refractivity contribution < 1.29 is 28.8 Å². The Morgan fingerprint density at radius 2 is 1.75 bits per heavy atom. The molecule has 7 heteroatoms. The second-order valence-corrected chi connectivity index (χ2v) is 8.83. The summed E-state index contributed by atoms with van der Waals surface area (Å²) in [6.45, 7) is 7.43. The van der Waals surface area contributed by atoms with Gasteiger partial charge in [0, 0.05) is 18.4 Å². The number of carbonyl (C=O) groups excluding carboxylic acids is 1. The van der Waals surface area contributed by atoms with E-state index in [4.69, 9.17) is 18.9 Å². The van der Waals surface area contributed by atoms with Gasteiger partial charge < -0.3 is 24.1 Å². The molecule has 1 aromatic carbocycles. The lowest BCUT2D eigenvalue weighted by molar-refractivity contribution is -0.143. The van der Waals surface area contributed by atoms with E-state index in [2.05, 4.69) is 0 Å². The van der Waals surface area contributed by atoms with E-state index in [1.807, 2.05) is 45.0 Å². The lowest BCUT2D eigenvalue weighted by atomic mass is 9.75. The summed E-state index contributed by atoms with van der Waals surface area (Å²) in [6, 6.07) is 7.22. The van der Waals surface area contributed by atoms with Crippen molar-refractivity contribution in [2.45, 2.75) is 63.2 Å². The second-order valence-electron chi connectivity index (χ2n) is 8.83. The summed E-state index contributed by atoms with van der Waals surface area (Å²) in [6.07, 6.45) is -0.0392. The molecule has 1 amide bonds. The van der Waals surface area contributed by atoms with E-state index < -0.39 is 17.5 Å². The summed E-state index contributed by atoms with van der Waals surface area (Å²) >= 11 is 0. The van der Waals surface area contributed by atoms with E-state index in [1.165, 1.54) is 0 Å². The fourth-order valence-corrected chi connectivity index (χ4v) is 4.47. The number of morpholine rings is 1. The fourth-order valence-electron chi connectivity index (χ4n) is 4.47. The maximum absolute atomic E-state index is 12.8. The minimum atomic E-state index is -1.08. The molecule has 1 aromatic rings. The van der Waals surface area contributed by atoms with Crippen LogP contribution in [-0.4, -0.2) is 60.2 Å². The SMILES string of the molecule is CC(C)(C)OC(=O)N1C2COCC1CC(O)(c1ccccc1C1OCCO1)C2. The van der Waals surface area contributed by atoms with Gasteiger partial charge in [0.15, 0.2) is 6.29 Å². The number of benzene rings is 1. The number of carbonyl (C=O) groups is 1. The van der Waals surface area contributed by atoms with Crippen LogP contribution in [0.25, 0.3) is 0 Å². The number of piperidine rings is 1. The summed E-state index contributed by atoms with van der Waals surface area (Å²) < 4.78 is 22.7. The van der Waals surface area contributed by atoms with E-state index in [-0.39, 0.29) is 18.2 Å². The highest BCUT2D eigenvalue weighted by Gasteiger charge is 2.50. The van der Waals surface area contributed by atoms with Crippen LogP contribution in [0, 0.1) is 0 Å². The number of hydrogen-bond acceptors (Lipinski definition) is 6. The van der Waals surface area contributed by atoms with Crippen molar-refractivity contribution in [1.82, 2.24) is 4.90 Å². The van der Waals surface area contributed by atoms with E-state index >= 15 is 0 Å². The average Bonchev–Trinajstić information content (AvgIpc) is 3.14. The van der Waals surface area contributed by atoms with Crippen LogP contribution in [0.2, 0.25) is 0 Å². The molecule has 28 heavy (non-hydrogen) atoms. The predicted octanol–water partition coefficient (Wildman–Crippen LogP) is 2.72. The van der Waals surface area contributed by atoms with Gasteiger partial charge in [-0.1, -0.05) is 24.3 Å². The summed E-state index contributed by atoms with van der Waals surface area (Å²) in [5.74, 6) is 0. The standard InChI is InChI=1S/C21H29NO6/c1-20(2,3)28-19(23)22-14-10-21(24,11-15(22)13-25-12-14)17-7-5-4-6-16(17)18-26-8-9-27-18/h4-7,14-15,18,24H,8-13H2,1-3H3. The van der Waals surface area contributed by atoms with Crippen LogP contribution in [0.15, 0.2) is 24.3 Å². The minimum absolute atomic E-state index is 0.245. The topological polar surface area (TPSA) is 77.5 Å². The monoisotopic (exact) mass is 391 g/mol. The van der Waals surface area contributed by atoms with Crippen molar-refractivity contribution >= 4 is 6.09 Å². The van der Waals surface area contributed by atoms with Crippen molar-refractivity contribution in [3.8, 4) is 0 Å². The summed E-state index contributed by atoms with van der Waals surface area (Å²) in [5, 5.41) is 11.7. The molecule has 3 aliphatic heterocycles. The van der Waals surface area contributed by atoms with Gasteiger partial charge in [-0.15, -0.1) is 0 Å². The van der Waals surface area contributed by atoms with Crippen LogP contribution < -0.4 is 0 Å². The van der Waals surface area contributed by atoms with Crippen molar-refractivity contribution in [3.05, 3.63) is 35.4 Å². The zero-order valence-electron chi connectivity index (χ0n) is 16.7. The molecule has 1 N–H and O–H groups in total. The molecule has 0 radical (unpaired) electrons. The molecule has 3 fully saturated rings. The molecule has 0 aromatic heterocycles. The number of nitrogens with zero attached hydrogens (tertiary/aromatic N) is 1. The van der Waals surface area contributed by atoms with E-state index in [1.54, 1.807) is 4.90 Å². The van der Waals surface area contributed by atoms with Crippen LogP contribution in [0.1, 0.15) is 51.0 Å². The first-order valence-corrected chi connectivity index (χ1v) is 9.91. The van der Waals surface area contributed by atoms with Crippen LogP contribution >= 0.6 is 0 Å². The van der Waals surface area contributed by atoms with E-state index in [0.717, 1.165) is 11.1 Å². The maximum atomic E-state index is 12.8. The van der Waals surface area contributed by atoms with Crippen molar-refractivity contribution in [2.24, 2.45) is 0 Å². The second kappa shape index (κ2) is 7.30. The predicted molar refractivity (Wildman–Crippen MR) is 101 cm³/mol. The number of fused-ring (bicyclic) bond motifs is 2. The fraction of sp³-hybridized carbons (Fsp3) is 0.667. The molecule has 7 nitrogen and oxygen atoms in total. The highest BCUT2D eigenvalue weighted by molar-refractivity contribution is 5.69. The summed E-state index contributed by atoms with van der Waals surface area (Å²) in [5.41, 5.74) is 0.0163. The lowest BCUT2D eigenvalue weighted by Crippen LogP contribution is -2.63. The smallest absolute Gasteiger partial charge is 0.410 e. The highest BCUT2D eigenvalue weighted by Crippen LogP contribution is 2.44. The molecule has 0 spiro atoms. The van der Waals surface area contributed by atoms with Gasteiger partial charge in [0.25, 0.3) is 0 Å². The molecule has 4 rings (SSSR count). The van der Waals surface area contributed by atoms with Gasteiger partial charge in [-0.2, -0.15) is 0 Å². The Balaban J connectivity index is 1.61. The highest BCUT2D eigenvalue weighted by atomic mass is 16.7. The molecule has 2 unspecified atom stereocenters. The third-order valence-electron chi connectivity index (χ3n) is 5.50. The number of hydrogen-bond donors (Lipinski definition) is 1. The average molecular weight is 391 g/mol. The maximum Gasteiger partial charge on any atom is 0.410 e. The van der Waals surface area contributed by atoms with Gasteiger partial charge in [-0.3, -0.25) is 4.90 Å². The molecule has 3 heterocycles. The van der Waals surface area contributed by atoms with Crippen LogP contribution in [0.4, 0.5) is 4.79 Å². The van der Waals surface area contributed by atoms with E-state index in [0.29, 0.717) is 39.3 Å². The van der Waals surface area contributed by atoms with Crippen molar-refractivity contribution in [3.63, 3.8) is 0 Å². The Morgan fingerprint density at radius 1 is 1.14 bits per heavy atom. The Kier molecular flexibility index (Phi) is 5.12. The number of ether oxygens (including phenoxy) is 4. The number of rotatable bonds is 2. The largest absolute Gasteiger partial charge is 0.444 e. The first kappa shape index (κ1) is 19.6. The molecule has 0 aliphatic carbocycles. The summed E-state index contributed by atoms with van der Waals surface area (Å²) in [7, 11) is 0. The van der Waals surface area contributed by atoms with Crippen LogP contribution in [-0.2, 0) is 24.5 Å². The zero-order valence-corrected chi connectivity index (χ0v) is 16.7. The van der Waals surface area contributed by atoms with Crippen molar-refractivity contribution in [1.29, 1.82) is 0 Å². The molecule has 2 bridgehead atoms. The Morgan fingerprint density at radius 3 is 2.36 bits per heavy atom. The molecule has 3 aliphatic rings. The van der Waals surface area contributed by atoms with Gasteiger partial charge in [-0.25, -0.2) is 4.79 Å². The zero-order chi connectivity index (χ0) is 19.9. The van der Waals surface area contributed by atoms with Crippen molar-refractivity contribution in [2.75, 3.05) is 26.4 Å². The quantitative estimate of drug-likeness (QED) is 0.835. The number of aliphatic hydroxyl groups is 1. The molecule has 0 saturated carbocycles. The third kappa shape index (κ3) is 3.76. The van der Waals surface area contributed by atoms with Gasteiger partial charge in [0.05, 0.1) is 44.1 Å². The van der Waals surface area contributed by atoms with Gasteiger partial charge in [-0.05, 0) is 26.3 Å². The number of amides is 1. The lowest BCUT2D eigenvalue weighted by Gasteiger charge is -2.51. The van der Waals surface area contributed by atoms with Gasteiger partial charge in [0.2, 0.25) is 0 Å². The minimum Gasteiger partial charge on any atom is -0.444 e. The van der Waals surface area contributed by atoms with E-state index in [9.17, 15) is 9.90 Å². The van der Waals surface area contributed by atoms with Crippen LogP contribution in [0.5, 0.6) is 0 Å². The van der Waals surface area contributed by atoms with Crippen LogP contribution in [0.3, 0.4) is 0 Å². The Labute approximate surface area is 165 Å². The molecular formula is C21H29NO6. The first-order valence-electron chi connectivity index (χ1n) is 9.91. The Hall–Kier alpha value is -1.67. The third-order valence-corrected chi connectivity index (χ3v) is 5.50. The molecular weight excluding hydrogens is 362 g/mol. The first-order chi connectivity index (χ1) is 13.3. The summed E-state index contributed by atoms with van der Waals surface area (Å²) in [4.78, 5) is 14.5. The molecule has 154 valence electrons. The van der Waals surface area contributed by atoms with Gasteiger partial charge >= 0.3 is 6.09 Å². The van der Waals surface area contributed by atoms with Gasteiger partial charge in [0.1, 0.15) is 5.60 Å². The Bertz CT molecular complexity index is 710. The molecule has 2 atom stereocenters.